The minimum absolute atomic E-state index is 0.00869. The largest absolute Gasteiger partial charge is 0.347 e. The monoisotopic (exact) mass is 400 g/mol. The summed E-state index contributed by atoms with van der Waals surface area (Å²) in [7, 11) is 3.43. The first kappa shape index (κ1) is 20.1. The molecule has 1 aromatic heterocycles. The minimum atomic E-state index is -0.563. The van der Waals surface area contributed by atoms with Crippen LogP contribution >= 0.6 is 0 Å². The van der Waals surface area contributed by atoms with E-state index >= 15 is 0 Å². The lowest BCUT2D eigenvalue weighted by molar-refractivity contribution is -0.142. The SMILES string of the molecule is CN(C)C(=O)[C@H]1[C@H]2C[C@H](CN(C(=O)[C@@H](N)C3CCCCC3)C2)c2cccc(=O)n21. The number of likely N-dealkylation sites (tertiary alicyclic amines) is 1. The molecule has 4 rings (SSSR count). The van der Waals surface area contributed by atoms with Crippen molar-refractivity contribution >= 4 is 11.8 Å². The molecule has 7 heteroatoms. The Morgan fingerprint density at radius 2 is 1.86 bits per heavy atom. The Bertz CT molecular complexity index is 843. The van der Waals surface area contributed by atoms with Crippen LogP contribution in [0.2, 0.25) is 0 Å². The number of hydrogen-bond acceptors (Lipinski definition) is 4. The molecule has 1 saturated heterocycles. The van der Waals surface area contributed by atoms with Gasteiger partial charge in [-0.3, -0.25) is 19.0 Å². The first-order valence-electron chi connectivity index (χ1n) is 10.9. The van der Waals surface area contributed by atoms with Crippen molar-refractivity contribution in [1.29, 1.82) is 0 Å². The number of fused-ring (bicyclic) bond motifs is 4. The van der Waals surface area contributed by atoms with Crippen molar-refractivity contribution in [2.45, 2.75) is 56.5 Å². The van der Waals surface area contributed by atoms with Gasteiger partial charge in [-0.05, 0) is 31.2 Å². The number of carbonyl (C=O) groups excluding carboxylic acids is 2. The van der Waals surface area contributed by atoms with Gasteiger partial charge in [0.1, 0.15) is 6.04 Å². The topological polar surface area (TPSA) is 88.6 Å². The van der Waals surface area contributed by atoms with Gasteiger partial charge in [0, 0.05) is 50.8 Å². The molecule has 3 aliphatic rings. The highest BCUT2D eigenvalue weighted by Gasteiger charge is 2.46. The van der Waals surface area contributed by atoms with E-state index < -0.39 is 12.1 Å². The number of likely N-dealkylation sites (N-methyl/N-ethyl adjacent to an activating group) is 1. The Morgan fingerprint density at radius 3 is 2.55 bits per heavy atom. The van der Waals surface area contributed by atoms with E-state index in [-0.39, 0.29) is 35.1 Å². The number of piperidine rings is 1. The normalized spacial score (nSPS) is 27.8. The third-order valence-corrected chi connectivity index (χ3v) is 7.10. The molecule has 2 fully saturated rings. The van der Waals surface area contributed by atoms with E-state index in [1.165, 1.54) is 12.5 Å². The van der Waals surface area contributed by atoms with Crippen LogP contribution in [0.5, 0.6) is 0 Å². The summed E-state index contributed by atoms with van der Waals surface area (Å²) in [5.74, 6) is 0.172. The van der Waals surface area contributed by atoms with Gasteiger partial charge in [0.25, 0.3) is 5.56 Å². The molecule has 2 amide bonds. The number of nitrogens with zero attached hydrogens (tertiary/aromatic N) is 3. The Kier molecular flexibility index (Phi) is 5.51. The van der Waals surface area contributed by atoms with E-state index in [2.05, 4.69) is 0 Å². The lowest BCUT2D eigenvalue weighted by Gasteiger charge is -2.47. The van der Waals surface area contributed by atoms with Crippen molar-refractivity contribution in [2.75, 3.05) is 27.2 Å². The van der Waals surface area contributed by atoms with Gasteiger partial charge in [-0.1, -0.05) is 25.3 Å². The molecule has 2 aliphatic heterocycles. The molecular weight excluding hydrogens is 368 g/mol. The zero-order valence-corrected chi connectivity index (χ0v) is 17.4. The summed E-state index contributed by atoms with van der Waals surface area (Å²) in [4.78, 5) is 42.3. The fourth-order valence-electron chi connectivity index (χ4n) is 5.60. The van der Waals surface area contributed by atoms with Crippen LogP contribution in [0.3, 0.4) is 0 Å². The molecule has 158 valence electrons. The zero-order chi connectivity index (χ0) is 20.7. The third kappa shape index (κ3) is 3.61. The smallest absolute Gasteiger partial charge is 0.251 e. The van der Waals surface area contributed by atoms with Gasteiger partial charge in [0.15, 0.2) is 0 Å². The molecule has 2 N–H and O–H groups in total. The molecule has 3 heterocycles. The van der Waals surface area contributed by atoms with E-state index in [1.54, 1.807) is 29.6 Å². The predicted octanol–water partition coefficient (Wildman–Crippen LogP) is 1.33. The summed E-state index contributed by atoms with van der Waals surface area (Å²) in [6.07, 6.45) is 6.38. The average Bonchev–Trinajstić information content (AvgIpc) is 2.73. The molecule has 29 heavy (non-hydrogen) atoms. The van der Waals surface area contributed by atoms with E-state index in [0.717, 1.165) is 37.8 Å². The van der Waals surface area contributed by atoms with Gasteiger partial charge in [-0.2, -0.15) is 0 Å². The summed E-state index contributed by atoms with van der Waals surface area (Å²) >= 11 is 0. The maximum Gasteiger partial charge on any atom is 0.251 e. The quantitative estimate of drug-likeness (QED) is 0.829. The van der Waals surface area contributed by atoms with Crippen LogP contribution in [-0.2, 0) is 9.59 Å². The maximum atomic E-state index is 13.3. The summed E-state index contributed by atoms with van der Waals surface area (Å²) in [5.41, 5.74) is 7.13. The van der Waals surface area contributed by atoms with Crippen LogP contribution in [-0.4, -0.2) is 59.4 Å². The van der Waals surface area contributed by atoms with Gasteiger partial charge in [0.2, 0.25) is 11.8 Å². The highest BCUT2D eigenvalue weighted by atomic mass is 16.2. The Morgan fingerprint density at radius 1 is 1.14 bits per heavy atom. The Hall–Kier alpha value is -2.15. The average molecular weight is 401 g/mol. The van der Waals surface area contributed by atoms with Crippen molar-refractivity contribution in [1.82, 2.24) is 14.4 Å². The predicted molar refractivity (Wildman–Crippen MR) is 110 cm³/mol. The van der Waals surface area contributed by atoms with E-state index in [9.17, 15) is 14.4 Å². The molecule has 4 atom stereocenters. The van der Waals surface area contributed by atoms with Crippen molar-refractivity contribution in [3.63, 3.8) is 0 Å². The van der Waals surface area contributed by atoms with Crippen molar-refractivity contribution in [3.05, 3.63) is 34.2 Å². The Labute approximate surface area is 171 Å². The third-order valence-electron chi connectivity index (χ3n) is 7.10. The molecule has 1 aromatic rings. The number of pyridine rings is 1. The van der Waals surface area contributed by atoms with Gasteiger partial charge in [-0.15, -0.1) is 0 Å². The van der Waals surface area contributed by atoms with Crippen molar-refractivity contribution in [3.8, 4) is 0 Å². The molecule has 1 aliphatic carbocycles. The fourth-order valence-corrected chi connectivity index (χ4v) is 5.60. The second-order valence-corrected chi connectivity index (χ2v) is 9.20. The first-order valence-corrected chi connectivity index (χ1v) is 10.9. The summed E-state index contributed by atoms with van der Waals surface area (Å²) < 4.78 is 1.67. The van der Waals surface area contributed by atoms with Gasteiger partial charge in [0.05, 0.1) is 6.04 Å². The fraction of sp³-hybridized carbons (Fsp3) is 0.682. The van der Waals surface area contributed by atoms with Crippen LogP contribution in [0.1, 0.15) is 56.2 Å². The molecule has 0 radical (unpaired) electrons. The second kappa shape index (κ2) is 7.94. The summed E-state index contributed by atoms with van der Waals surface area (Å²) in [6.45, 7) is 1.06. The van der Waals surface area contributed by atoms with E-state index in [1.807, 2.05) is 11.0 Å². The molecule has 7 nitrogen and oxygen atoms in total. The lowest BCUT2D eigenvalue weighted by atomic mass is 9.77. The van der Waals surface area contributed by atoms with Crippen LogP contribution in [0.15, 0.2) is 23.0 Å². The molecular formula is C22H32N4O3. The van der Waals surface area contributed by atoms with Gasteiger partial charge >= 0.3 is 0 Å². The van der Waals surface area contributed by atoms with Crippen molar-refractivity contribution in [2.24, 2.45) is 17.6 Å². The molecule has 0 aromatic carbocycles. The minimum Gasteiger partial charge on any atom is -0.347 e. The zero-order valence-electron chi connectivity index (χ0n) is 17.4. The standard InChI is InChI=1S/C22H32N4O3/c1-24(2)22(29)20-16-11-15(17-9-6-10-18(27)26(17)20)12-25(13-16)21(28)19(23)14-7-4-3-5-8-14/h6,9-10,14-16,19-20H,3-5,7-8,11-13,23H2,1-2H3/t15-,16+,19+,20-/m1/s1. The van der Waals surface area contributed by atoms with Crippen LogP contribution < -0.4 is 11.3 Å². The van der Waals surface area contributed by atoms with E-state index in [4.69, 9.17) is 5.73 Å². The summed E-state index contributed by atoms with van der Waals surface area (Å²) in [5, 5.41) is 0. The molecule has 2 bridgehead atoms. The van der Waals surface area contributed by atoms with Crippen LogP contribution in [0.4, 0.5) is 0 Å². The summed E-state index contributed by atoms with van der Waals surface area (Å²) in [6, 6.07) is 4.16. The number of aromatic nitrogens is 1. The Balaban J connectivity index is 1.63. The first-order chi connectivity index (χ1) is 13.9. The van der Waals surface area contributed by atoms with Crippen molar-refractivity contribution < 1.29 is 9.59 Å². The number of nitrogens with two attached hydrogens (primary N) is 1. The van der Waals surface area contributed by atoms with Gasteiger partial charge < -0.3 is 15.5 Å². The maximum absolute atomic E-state index is 13.3. The van der Waals surface area contributed by atoms with Crippen LogP contribution in [0, 0.1) is 11.8 Å². The second-order valence-electron chi connectivity index (χ2n) is 9.20. The highest BCUT2D eigenvalue weighted by molar-refractivity contribution is 5.83. The number of hydrogen-bond donors (Lipinski definition) is 1. The van der Waals surface area contributed by atoms with E-state index in [0.29, 0.717) is 13.1 Å². The number of amides is 2. The van der Waals surface area contributed by atoms with Crippen LogP contribution in [0.25, 0.3) is 0 Å². The molecule has 0 spiro atoms. The van der Waals surface area contributed by atoms with Gasteiger partial charge in [-0.25, -0.2) is 0 Å². The number of carbonyl (C=O) groups is 2. The molecule has 0 unspecified atom stereocenters. The highest BCUT2D eigenvalue weighted by Crippen LogP contribution is 2.42. The molecule has 1 saturated carbocycles. The number of rotatable bonds is 3. The lowest BCUT2D eigenvalue weighted by Crippen LogP contribution is -2.57.